The summed E-state index contributed by atoms with van der Waals surface area (Å²) in [7, 11) is 2.10. The van der Waals surface area contributed by atoms with E-state index in [1.165, 1.54) is 30.5 Å². The van der Waals surface area contributed by atoms with Crippen LogP contribution in [0.15, 0.2) is 18.3 Å². The Labute approximate surface area is 118 Å². The van der Waals surface area contributed by atoms with Crippen LogP contribution in [-0.2, 0) is 12.8 Å². The average Bonchev–Trinajstić information content (AvgIpc) is 2.76. The Balaban J connectivity index is 2.06. The minimum Gasteiger partial charge on any atom is -0.316 e. The number of aryl methyl sites for hydroxylation is 1. The van der Waals surface area contributed by atoms with Gasteiger partial charge in [0.05, 0.1) is 0 Å². The van der Waals surface area contributed by atoms with Crippen LogP contribution < -0.4 is 5.32 Å². The molecule has 2 nitrogen and oxygen atoms in total. The van der Waals surface area contributed by atoms with Crippen LogP contribution in [0.3, 0.4) is 0 Å². The van der Waals surface area contributed by atoms with E-state index < -0.39 is 0 Å². The zero-order valence-corrected chi connectivity index (χ0v) is 12.9. The monoisotopic (exact) mass is 260 g/mol. The number of hydrogen-bond acceptors (Lipinski definition) is 2. The topological polar surface area (TPSA) is 24.9 Å². The highest BCUT2D eigenvalue weighted by Gasteiger charge is 2.38. The minimum absolute atomic E-state index is 0.469. The summed E-state index contributed by atoms with van der Waals surface area (Å²) in [5.74, 6) is 0.769. The largest absolute Gasteiger partial charge is 0.316 e. The SMILES string of the molecule is CCc1ccc(CC(NC)C2CCCC2(C)C)nc1. The summed E-state index contributed by atoms with van der Waals surface area (Å²) in [5, 5.41) is 3.54. The van der Waals surface area contributed by atoms with E-state index in [4.69, 9.17) is 0 Å². The van der Waals surface area contributed by atoms with Gasteiger partial charge in [-0.3, -0.25) is 4.98 Å². The lowest BCUT2D eigenvalue weighted by Crippen LogP contribution is -2.40. The van der Waals surface area contributed by atoms with Crippen molar-refractivity contribution < 1.29 is 0 Å². The van der Waals surface area contributed by atoms with Crippen molar-refractivity contribution in [2.75, 3.05) is 7.05 Å². The van der Waals surface area contributed by atoms with Gasteiger partial charge in [0, 0.05) is 24.4 Å². The number of hydrogen-bond donors (Lipinski definition) is 1. The molecule has 1 fully saturated rings. The first-order valence-corrected chi connectivity index (χ1v) is 7.68. The molecule has 106 valence electrons. The number of rotatable bonds is 5. The molecular formula is C17H28N2. The summed E-state index contributed by atoms with van der Waals surface area (Å²) < 4.78 is 0. The highest BCUT2D eigenvalue weighted by Crippen LogP contribution is 2.44. The molecule has 2 heteroatoms. The molecule has 1 aromatic heterocycles. The number of nitrogens with zero attached hydrogens (tertiary/aromatic N) is 1. The molecular weight excluding hydrogens is 232 g/mol. The molecule has 0 saturated heterocycles. The third-order valence-electron chi connectivity index (χ3n) is 4.92. The van der Waals surface area contributed by atoms with Crippen molar-refractivity contribution in [1.82, 2.24) is 10.3 Å². The molecule has 2 atom stereocenters. The first-order chi connectivity index (χ1) is 9.06. The van der Waals surface area contributed by atoms with E-state index in [9.17, 15) is 0 Å². The van der Waals surface area contributed by atoms with Crippen molar-refractivity contribution >= 4 is 0 Å². The Bertz CT molecular complexity index is 394. The van der Waals surface area contributed by atoms with Crippen molar-refractivity contribution in [2.24, 2.45) is 11.3 Å². The molecule has 1 heterocycles. The van der Waals surface area contributed by atoms with Gasteiger partial charge in [-0.15, -0.1) is 0 Å². The summed E-state index contributed by atoms with van der Waals surface area (Å²) in [6.07, 6.45) is 8.23. The van der Waals surface area contributed by atoms with Gasteiger partial charge in [-0.2, -0.15) is 0 Å². The second kappa shape index (κ2) is 6.04. The quantitative estimate of drug-likeness (QED) is 0.875. The van der Waals surface area contributed by atoms with Crippen molar-refractivity contribution in [3.63, 3.8) is 0 Å². The van der Waals surface area contributed by atoms with E-state index in [0.717, 1.165) is 18.8 Å². The van der Waals surface area contributed by atoms with E-state index in [1.54, 1.807) is 0 Å². The molecule has 2 rings (SSSR count). The highest BCUT2D eigenvalue weighted by atomic mass is 14.9. The summed E-state index contributed by atoms with van der Waals surface area (Å²) >= 11 is 0. The van der Waals surface area contributed by atoms with Crippen LogP contribution in [0.25, 0.3) is 0 Å². The Morgan fingerprint density at radius 1 is 1.42 bits per heavy atom. The van der Waals surface area contributed by atoms with Crippen LogP contribution in [-0.4, -0.2) is 18.1 Å². The minimum atomic E-state index is 0.469. The van der Waals surface area contributed by atoms with Gasteiger partial charge in [-0.25, -0.2) is 0 Å². The summed E-state index contributed by atoms with van der Waals surface area (Å²) in [5.41, 5.74) is 3.02. The van der Waals surface area contributed by atoms with Gasteiger partial charge in [-0.1, -0.05) is 33.3 Å². The fourth-order valence-electron chi connectivity index (χ4n) is 3.56. The molecule has 1 N–H and O–H groups in total. The number of nitrogens with one attached hydrogen (secondary N) is 1. The van der Waals surface area contributed by atoms with Crippen LogP contribution in [0.5, 0.6) is 0 Å². The fraction of sp³-hybridized carbons (Fsp3) is 0.706. The third-order valence-corrected chi connectivity index (χ3v) is 4.92. The van der Waals surface area contributed by atoms with Crippen molar-refractivity contribution in [2.45, 2.75) is 58.9 Å². The second-order valence-corrected chi connectivity index (χ2v) is 6.60. The van der Waals surface area contributed by atoms with Crippen LogP contribution >= 0.6 is 0 Å². The summed E-state index contributed by atoms with van der Waals surface area (Å²) in [6.45, 7) is 7.01. The van der Waals surface area contributed by atoms with Gasteiger partial charge in [0.2, 0.25) is 0 Å². The molecule has 1 aliphatic carbocycles. The lowest BCUT2D eigenvalue weighted by Gasteiger charge is -2.34. The average molecular weight is 260 g/mol. The van der Waals surface area contributed by atoms with Crippen molar-refractivity contribution in [1.29, 1.82) is 0 Å². The molecule has 0 amide bonds. The first-order valence-electron chi connectivity index (χ1n) is 7.68. The van der Waals surface area contributed by atoms with Gasteiger partial charge in [0.1, 0.15) is 0 Å². The van der Waals surface area contributed by atoms with Gasteiger partial charge >= 0.3 is 0 Å². The van der Waals surface area contributed by atoms with Gasteiger partial charge in [0.25, 0.3) is 0 Å². The molecule has 2 unspecified atom stereocenters. The van der Waals surface area contributed by atoms with Gasteiger partial charge in [0.15, 0.2) is 0 Å². The van der Waals surface area contributed by atoms with E-state index in [-0.39, 0.29) is 0 Å². The standard InChI is InChI=1S/C17H28N2/c1-5-13-8-9-14(19-12-13)11-16(18-4)15-7-6-10-17(15,2)3/h8-9,12,15-16,18H,5-7,10-11H2,1-4H3. The Kier molecular flexibility index (Phi) is 4.62. The smallest absolute Gasteiger partial charge is 0.0419 e. The second-order valence-electron chi connectivity index (χ2n) is 6.60. The summed E-state index contributed by atoms with van der Waals surface area (Å²) in [6, 6.07) is 4.97. The number of likely N-dealkylation sites (N-methyl/N-ethyl adjacent to an activating group) is 1. The lowest BCUT2D eigenvalue weighted by molar-refractivity contribution is 0.201. The third kappa shape index (κ3) is 3.36. The van der Waals surface area contributed by atoms with Crippen LogP contribution in [0.4, 0.5) is 0 Å². The maximum atomic E-state index is 4.62. The van der Waals surface area contributed by atoms with E-state index in [2.05, 4.69) is 50.3 Å². The van der Waals surface area contributed by atoms with Gasteiger partial charge < -0.3 is 5.32 Å². The molecule has 0 spiro atoms. The lowest BCUT2D eigenvalue weighted by atomic mass is 9.76. The molecule has 0 bridgehead atoms. The molecule has 0 aromatic carbocycles. The van der Waals surface area contributed by atoms with Crippen LogP contribution in [0, 0.1) is 11.3 Å². The Hall–Kier alpha value is -0.890. The van der Waals surface area contributed by atoms with E-state index in [0.29, 0.717) is 11.5 Å². The Morgan fingerprint density at radius 3 is 2.68 bits per heavy atom. The number of pyridine rings is 1. The summed E-state index contributed by atoms with van der Waals surface area (Å²) in [4.78, 5) is 4.62. The molecule has 1 saturated carbocycles. The van der Waals surface area contributed by atoms with Crippen molar-refractivity contribution in [3.05, 3.63) is 29.6 Å². The molecule has 1 aliphatic rings. The normalized spacial score (nSPS) is 23.5. The Morgan fingerprint density at radius 2 is 2.21 bits per heavy atom. The molecule has 0 radical (unpaired) electrons. The first kappa shape index (κ1) is 14.5. The van der Waals surface area contributed by atoms with E-state index >= 15 is 0 Å². The zero-order chi connectivity index (χ0) is 13.9. The zero-order valence-electron chi connectivity index (χ0n) is 12.9. The predicted octanol–water partition coefficient (Wildman–Crippen LogP) is 3.60. The molecule has 0 aliphatic heterocycles. The van der Waals surface area contributed by atoms with Crippen molar-refractivity contribution in [3.8, 4) is 0 Å². The van der Waals surface area contributed by atoms with Crippen LogP contribution in [0.1, 0.15) is 51.3 Å². The maximum Gasteiger partial charge on any atom is 0.0419 e. The molecule has 1 aromatic rings. The molecule has 19 heavy (non-hydrogen) atoms. The van der Waals surface area contributed by atoms with E-state index in [1.807, 2.05) is 6.20 Å². The van der Waals surface area contributed by atoms with Gasteiger partial charge in [-0.05, 0) is 49.3 Å². The maximum absolute atomic E-state index is 4.62. The predicted molar refractivity (Wildman–Crippen MR) is 81.3 cm³/mol. The number of aromatic nitrogens is 1. The highest BCUT2D eigenvalue weighted by molar-refractivity contribution is 5.15. The fourth-order valence-corrected chi connectivity index (χ4v) is 3.56. The van der Waals surface area contributed by atoms with Crippen LogP contribution in [0.2, 0.25) is 0 Å².